The summed E-state index contributed by atoms with van der Waals surface area (Å²) in [4.78, 5) is 45.6. The lowest BCUT2D eigenvalue weighted by atomic mass is 9.88. The molecule has 0 unspecified atom stereocenters. The quantitative estimate of drug-likeness (QED) is 0.167. The molecule has 1 saturated heterocycles. The fraction of sp³-hybridized carbons (Fsp3) is 0.351. The van der Waals surface area contributed by atoms with Gasteiger partial charge < -0.3 is 19.1 Å². The lowest BCUT2D eigenvalue weighted by molar-refractivity contribution is -0.133. The lowest BCUT2D eigenvalue weighted by Crippen LogP contribution is -2.48. The summed E-state index contributed by atoms with van der Waals surface area (Å²) in [7, 11) is 1.52. The number of halogens is 1. The zero-order valence-electron chi connectivity index (χ0n) is 26.3. The third-order valence-corrected chi connectivity index (χ3v) is 9.20. The van der Waals surface area contributed by atoms with Gasteiger partial charge in [0, 0.05) is 42.6 Å². The number of Topliss-reactive ketones (excluding diaryl/α,β-unsaturated/α-hetero) is 2. The zero-order valence-corrected chi connectivity index (χ0v) is 26.3. The number of ether oxygens (including phenoxy) is 3. The average molecular weight is 625 g/mol. The van der Waals surface area contributed by atoms with Gasteiger partial charge in [-0.3, -0.25) is 14.6 Å². The fourth-order valence-corrected chi connectivity index (χ4v) is 6.34. The first kappa shape index (κ1) is 31.2. The minimum absolute atomic E-state index is 0.0930. The number of carbonyl (C=O) groups is 3. The monoisotopic (exact) mass is 624 g/mol. The van der Waals surface area contributed by atoms with E-state index in [9.17, 15) is 18.8 Å². The Balaban J connectivity index is 1.13. The number of piperidine rings is 1. The second-order valence-electron chi connectivity index (χ2n) is 12.4. The van der Waals surface area contributed by atoms with Crippen molar-refractivity contribution in [1.82, 2.24) is 9.88 Å². The van der Waals surface area contributed by atoms with Crippen molar-refractivity contribution < 1.29 is 33.0 Å². The molecule has 4 aromatic rings. The Morgan fingerprint density at radius 2 is 1.46 bits per heavy atom. The zero-order chi connectivity index (χ0) is 32.4. The van der Waals surface area contributed by atoms with E-state index in [4.69, 9.17) is 14.2 Å². The molecule has 0 spiro atoms. The Hall–Kier alpha value is -4.79. The van der Waals surface area contributed by atoms with E-state index in [2.05, 4.69) is 4.98 Å². The molecule has 0 N–H and O–H groups in total. The number of likely N-dealkylation sites (tertiary alicyclic amines) is 1. The third-order valence-electron chi connectivity index (χ3n) is 9.20. The standard InChI is InChI=1S/C37H37FN2O6/c1-23-5-4-6-24(2)40(23)36(43)46-33-22-30-29(21-32(33)44-3)31(15-18-39-30)45-28-13-9-26(10-14-28)20-35(42)37(16-17-37)34(41)19-25-7-11-27(38)12-8-25/h7-15,18,21-24H,4-6,16-17,19-20H2,1-3H3/t23-,24+. The Kier molecular flexibility index (Phi) is 8.75. The van der Waals surface area contributed by atoms with E-state index >= 15 is 0 Å². The average Bonchev–Trinajstić information content (AvgIpc) is 3.85. The van der Waals surface area contributed by atoms with Gasteiger partial charge in [0.15, 0.2) is 23.1 Å². The van der Waals surface area contributed by atoms with Crippen molar-refractivity contribution in [3.05, 3.63) is 89.9 Å². The summed E-state index contributed by atoms with van der Waals surface area (Å²) < 4.78 is 30.9. The molecule has 1 aliphatic carbocycles. The summed E-state index contributed by atoms with van der Waals surface area (Å²) in [5.41, 5.74) is 1.11. The Morgan fingerprint density at radius 3 is 2.04 bits per heavy atom. The van der Waals surface area contributed by atoms with Gasteiger partial charge in [-0.2, -0.15) is 0 Å². The molecule has 0 bridgehead atoms. The molecule has 8 nitrogen and oxygen atoms in total. The first-order chi connectivity index (χ1) is 22.2. The molecule has 1 aliphatic heterocycles. The van der Waals surface area contributed by atoms with Crippen LogP contribution in [-0.4, -0.2) is 46.7 Å². The number of benzene rings is 3. The number of ketones is 2. The topological polar surface area (TPSA) is 95.0 Å². The molecule has 1 amide bonds. The van der Waals surface area contributed by atoms with Crippen molar-refractivity contribution in [3.63, 3.8) is 0 Å². The van der Waals surface area contributed by atoms with Gasteiger partial charge in [0.1, 0.15) is 17.3 Å². The molecule has 2 heterocycles. The normalized spacial score (nSPS) is 18.6. The number of aromatic nitrogens is 1. The summed E-state index contributed by atoms with van der Waals surface area (Å²) >= 11 is 0. The molecular formula is C37H37FN2O6. The molecule has 238 valence electrons. The van der Waals surface area contributed by atoms with Crippen LogP contribution in [0.1, 0.15) is 57.1 Å². The first-order valence-electron chi connectivity index (χ1n) is 15.7. The Bertz CT molecular complexity index is 1760. The second kappa shape index (κ2) is 12.9. The maximum absolute atomic E-state index is 13.2. The molecule has 1 saturated carbocycles. The maximum Gasteiger partial charge on any atom is 0.415 e. The maximum atomic E-state index is 13.2. The molecule has 46 heavy (non-hydrogen) atoms. The predicted molar refractivity (Wildman–Crippen MR) is 171 cm³/mol. The molecule has 2 atom stereocenters. The summed E-state index contributed by atoms with van der Waals surface area (Å²) in [5.74, 6) is 1.19. The smallest absolute Gasteiger partial charge is 0.415 e. The summed E-state index contributed by atoms with van der Waals surface area (Å²) in [6.07, 6.45) is 5.52. The van der Waals surface area contributed by atoms with Crippen LogP contribution in [0.15, 0.2) is 72.9 Å². The van der Waals surface area contributed by atoms with E-state index in [1.165, 1.54) is 19.2 Å². The van der Waals surface area contributed by atoms with Crippen LogP contribution in [0.25, 0.3) is 10.9 Å². The molecule has 0 radical (unpaired) electrons. The van der Waals surface area contributed by atoms with Crippen LogP contribution in [0, 0.1) is 11.2 Å². The van der Waals surface area contributed by atoms with Gasteiger partial charge in [0.2, 0.25) is 0 Å². The van der Waals surface area contributed by atoms with Gasteiger partial charge in [0.05, 0.1) is 18.0 Å². The summed E-state index contributed by atoms with van der Waals surface area (Å²) in [6.45, 7) is 4.07. The molecule has 2 aliphatic rings. The van der Waals surface area contributed by atoms with Gasteiger partial charge in [-0.15, -0.1) is 0 Å². The van der Waals surface area contributed by atoms with Gasteiger partial charge in [-0.05, 0) is 93.5 Å². The largest absolute Gasteiger partial charge is 0.493 e. The first-order valence-corrected chi connectivity index (χ1v) is 15.7. The number of hydrogen-bond acceptors (Lipinski definition) is 7. The number of nitrogens with zero attached hydrogens (tertiary/aromatic N) is 2. The van der Waals surface area contributed by atoms with E-state index in [0.29, 0.717) is 46.6 Å². The fourth-order valence-electron chi connectivity index (χ4n) is 6.34. The van der Waals surface area contributed by atoms with E-state index in [1.54, 1.807) is 53.6 Å². The van der Waals surface area contributed by atoms with Crippen LogP contribution < -0.4 is 14.2 Å². The van der Waals surface area contributed by atoms with Crippen molar-refractivity contribution in [3.8, 4) is 23.0 Å². The highest BCUT2D eigenvalue weighted by Gasteiger charge is 2.54. The molecule has 9 heteroatoms. The minimum atomic E-state index is -0.948. The molecule has 3 aromatic carbocycles. The van der Waals surface area contributed by atoms with Gasteiger partial charge >= 0.3 is 6.09 Å². The SMILES string of the molecule is COc1cc2c(Oc3ccc(CC(=O)C4(C(=O)Cc5ccc(F)cc5)CC4)cc3)ccnc2cc1OC(=O)N1[C@H](C)CCC[C@@H]1C. The molecule has 2 fully saturated rings. The van der Waals surface area contributed by atoms with Crippen molar-refractivity contribution >= 4 is 28.6 Å². The van der Waals surface area contributed by atoms with E-state index in [-0.39, 0.29) is 48.1 Å². The lowest BCUT2D eigenvalue weighted by Gasteiger charge is -2.37. The van der Waals surface area contributed by atoms with Crippen LogP contribution in [-0.2, 0) is 22.4 Å². The van der Waals surface area contributed by atoms with Crippen LogP contribution in [0.4, 0.5) is 9.18 Å². The second-order valence-corrected chi connectivity index (χ2v) is 12.4. The van der Waals surface area contributed by atoms with Crippen LogP contribution in [0.2, 0.25) is 0 Å². The molecular weight excluding hydrogens is 587 g/mol. The number of pyridine rings is 1. The van der Waals surface area contributed by atoms with Crippen LogP contribution >= 0.6 is 0 Å². The van der Waals surface area contributed by atoms with Crippen molar-refractivity contribution in [2.24, 2.45) is 5.41 Å². The van der Waals surface area contributed by atoms with Crippen LogP contribution in [0.3, 0.4) is 0 Å². The highest BCUT2D eigenvalue weighted by molar-refractivity contribution is 6.11. The number of hydrogen-bond donors (Lipinski definition) is 0. The highest BCUT2D eigenvalue weighted by atomic mass is 19.1. The number of carbonyl (C=O) groups excluding carboxylic acids is 3. The van der Waals surface area contributed by atoms with Gasteiger partial charge in [-0.25, -0.2) is 9.18 Å². The predicted octanol–water partition coefficient (Wildman–Crippen LogP) is 7.64. The number of methoxy groups -OCH3 is 1. The molecule has 6 rings (SSSR count). The highest BCUT2D eigenvalue weighted by Crippen LogP contribution is 2.49. The van der Waals surface area contributed by atoms with E-state index in [1.807, 2.05) is 26.0 Å². The Morgan fingerprint density at radius 1 is 0.848 bits per heavy atom. The van der Waals surface area contributed by atoms with Gasteiger partial charge in [0.25, 0.3) is 0 Å². The minimum Gasteiger partial charge on any atom is -0.493 e. The van der Waals surface area contributed by atoms with Crippen LogP contribution in [0.5, 0.6) is 23.0 Å². The number of rotatable bonds is 10. The summed E-state index contributed by atoms with van der Waals surface area (Å²) in [5, 5.41) is 0.674. The van der Waals surface area contributed by atoms with Gasteiger partial charge in [-0.1, -0.05) is 24.3 Å². The van der Waals surface area contributed by atoms with E-state index in [0.717, 1.165) is 24.8 Å². The van der Waals surface area contributed by atoms with Crippen molar-refractivity contribution in [2.75, 3.05) is 7.11 Å². The number of fused-ring (bicyclic) bond motifs is 1. The van der Waals surface area contributed by atoms with E-state index < -0.39 is 11.5 Å². The van der Waals surface area contributed by atoms with Crippen molar-refractivity contribution in [2.45, 2.75) is 70.9 Å². The third kappa shape index (κ3) is 6.45. The van der Waals surface area contributed by atoms with Crippen molar-refractivity contribution in [1.29, 1.82) is 0 Å². The Labute approximate surface area is 267 Å². The molecule has 1 aromatic heterocycles. The number of amides is 1. The summed E-state index contributed by atoms with van der Waals surface area (Å²) in [6, 6.07) is 18.4.